The highest BCUT2D eigenvalue weighted by molar-refractivity contribution is 5.08. The van der Waals surface area contributed by atoms with Crippen LogP contribution in [0.25, 0.3) is 0 Å². The number of likely N-dealkylation sites (N-methyl/N-ethyl adjacent to an activating group) is 1. The van der Waals surface area contributed by atoms with Gasteiger partial charge in [0.1, 0.15) is 0 Å². The Bertz CT molecular complexity index is 334. The molecule has 1 saturated heterocycles. The summed E-state index contributed by atoms with van der Waals surface area (Å²) < 4.78 is 0. The van der Waals surface area contributed by atoms with E-state index in [2.05, 4.69) is 21.3 Å². The number of hydrogen-bond acceptors (Lipinski definition) is 4. The second-order valence-electron chi connectivity index (χ2n) is 4.89. The molecule has 4 nitrogen and oxygen atoms in total. The third kappa shape index (κ3) is 3.49. The molecule has 0 atom stereocenters. The highest BCUT2D eigenvalue weighted by atomic mass is 16.3. The van der Waals surface area contributed by atoms with Gasteiger partial charge in [0.2, 0.25) is 0 Å². The lowest BCUT2D eigenvalue weighted by Gasteiger charge is -2.38. The summed E-state index contributed by atoms with van der Waals surface area (Å²) in [6, 6.07) is 4.07. The van der Waals surface area contributed by atoms with E-state index in [1.165, 1.54) is 5.56 Å². The largest absolute Gasteiger partial charge is 0.388 e. The molecule has 1 fully saturated rings. The molecule has 2 rings (SSSR count). The van der Waals surface area contributed by atoms with E-state index < -0.39 is 5.60 Å². The first kappa shape index (κ1) is 12.5. The third-order valence-corrected chi connectivity index (χ3v) is 3.42. The van der Waals surface area contributed by atoms with Crippen molar-refractivity contribution in [3.8, 4) is 0 Å². The Morgan fingerprint density at radius 3 is 2.82 bits per heavy atom. The van der Waals surface area contributed by atoms with Crippen molar-refractivity contribution in [3.63, 3.8) is 0 Å². The number of aliphatic hydroxyl groups is 1. The van der Waals surface area contributed by atoms with Gasteiger partial charge in [-0.15, -0.1) is 0 Å². The van der Waals surface area contributed by atoms with Gasteiger partial charge in [0.25, 0.3) is 0 Å². The number of rotatable bonds is 4. The van der Waals surface area contributed by atoms with Gasteiger partial charge >= 0.3 is 0 Å². The maximum absolute atomic E-state index is 10.3. The predicted molar refractivity (Wildman–Crippen MR) is 67.6 cm³/mol. The molecule has 1 aliphatic heterocycles. The van der Waals surface area contributed by atoms with Crippen LogP contribution >= 0.6 is 0 Å². The molecule has 0 saturated carbocycles. The average Bonchev–Trinajstić information content (AvgIpc) is 2.34. The monoisotopic (exact) mass is 235 g/mol. The van der Waals surface area contributed by atoms with Crippen LogP contribution in [0.3, 0.4) is 0 Å². The molecule has 4 heteroatoms. The SMILES string of the molecule is CNCC1(O)CCN(Cc2cccnc2)CC1. The minimum atomic E-state index is -0.514. The van der Waals surface area contributed by atoms with E-state index in [0.29, 0.717) is 6.54 Å². The van der Waals surface area contributed by atoms with Gasteiger partial charge in [0.15, 0.2) is 0 Å². The standard InChI is InChI=1S/C13H21N3O/c1-14-11-13(17)4-7-16(8-5-13)10-12-3-2-6-15-9-12/h2-3,6,9,14,17H,4-5,7-8,10-11H2,1H3. The molecular formula is C13H21N3O. The molecule has 94 valence electrons. The molecule has 0 amide bonds. The van der Waals surface area contributed by atoms with Crippen molar-refractivity contribution < 1.29 is 5.11 Å². The molecule has 1 aliphatic rings. The quantitative estimate of drug-likeness (QED) is 0.803. The molecule has 0 bridgehead atoms. The smallest absolute Gasteiger partial charge is 0.0795 e. The van der Waals surface area contributed by atoms with Gasteiger partial charge < -0.3 is 10.4 Å². The molecule has 0 spiro atoms. The summed E-state index contributed by atoms with van der Waals surface area (Å²) in [5, 5.41) is 13.3. The van der Waals surface area contributed by atoms with E-state index in [4.69, 9.17) is 0 Å². The summed E-state index contributed by atoms with van der Waals surface area (Å²) in [6.07, 6.45) is 5.39. The maximum atomic E-state index is 10.3. The second-order valence-corrected chi connectivity index (χ2v) is 4.89. The molecule has 0 unspecified atom stereocenters. The van der Waals surface area contributed by atoms with Crippen molar-refractivity contribution >= 4 is 0 Å². The zero-order valence-electron chi connectivity index (χ0n) is 10.4. The van der Waals surface area contributed by atoms with Crippen molar-refractivity contribution in [1.29, 1.82) is 0 Å². The summed E-state index contributed by atoms with van der Waals surface area (Å²) in [4.78, 5) is 6.50. The van der Waals surface area contributed by atoms with E-state index in [-0.39, 0.29) is 0 Å². The number of nitrogens with zero attached hydrogens (tertiary/aromatic N) is 2. The molecule has 0 aromatic carbocycles. The summed E-state index contributed by atoms with van der Waals surface area (Å²) >= 11 is 0. The lowest BCUT2D eigenvalue weighted by Crippen LogP contribution is -2.49. The molecule has 0 radical (unpaired) electrons. The Morgan fingerprint density at radius 2 is 2.24 bits per heavy atom. The predicted octanol–water partition coefficient (Wildman–Crippen LogP) is 0.628. The third-order valence-electron chi connectivity index (χ3n) is 3.42. The minimum absolute atomic E-state index is 0.514. The van der Waals surface area contributed by atoms with E-state index in [1.54, 1.807) is 6.20 Å². The molecule has 2 heterocycles. The molecule has 1 aromatic heterocycles. The van der Waals surface area contributed by atoms with E-state index in [0.717, 1.165) is 32.5 Å². The average molecular weight is 235 g/mol. The van der Waals surface area contributed by atoms with Gasteiger partial charge in [-0.05, 0) is 31.5 Å². The Kier molecular flexibility index (Phi) is 4.10. The zero-order chi connectivity index (χ0) is 12.1. The molecular weight excluding hydrogens is 214 g/mol. The number of likely N-dealkylation sites (tertiary alicyclic amines) is 1. The Morgan fingerprint density at radius 1 is 1.47 bits per heavy atom. The fourth-order valence-corrected chi connectivity index (χ4v) is 2.38. The van der Waals surface area contributed by atoms with Gasteiger partial charge in [-0.3, -0.25) is 9.88 Å². The molecule has 17 heavy (non-hydrogen) atoms. The Hall–Kier alpha value is -0.970. The summed E-state index contributed by atoms with van der Waals surface area (Å²) in [6.45, 7) is 3.53. The number of piperidine rings is 1. The zero-order valence-corrected chi connectivity index (χ0v) is 10.4. The highest BCUT2D eigenvalue weighted by Crippen LogP contribution is 2.22. The first-order chi connectivity index (χ1) is 8.22. The van der Waals surface area contributed by atoms with Crippen LogP contribution in [-0.2, 0) is 6.54 Å². The van der Waals surface area contributed by atoms with E-state index in [9.17, 15) is 5.11 Å². The van der Waals surface area contributed by atoms with Crippen LogP contribution < -0.4 is 5.32 Å². The van der Waals surface area contributed by atoms with Crippen molar-refractivity contribution in [2.75, 3.05) is 26.7 Å². The second kappa shape index (κ2) is 5.58. The number of pyridine rings is 1. The molecule has 0 aliphatic carbocycles. The number of nitrogens with one attached hydrogen (secondary N) is 1. The van der Waals surface area contributed by atoms with E-state index in [1.807, 2.05) is 19.3 Å². The number of hydrogen-bond donors (Lipinski definition) is 2. The first-order valence-corrected chi connectivity index (χ1v) is 6.20. The van der Waals surface area contributed by atoms with Crippen molar-refractivity contribution in [2.45, 2.75) is 25.0 Å². The first-order valence-electron chi connectivity index (χ1n) is 6.20. The van der Waals surface area contributed by atoms with Gasteiger partial charge in [-0.2, -0.15) is 0 Å². The summed E-state index contributed by atoms with van der Waals surface area (Å²) in [7, 11) is 1.89. The van der Waals surface area contributed by atoms with Crippen molar-refractivity contribution in [1.82, 2.24) is 15.2 Å². The molecule has 1 aromatic rings. The lowest BCUT2D eigenvalue weighted by atomic mass is 9.91. The van der Waals surface area contributed by atoms with E-state index >= 15 is 0 Å². The van der Waals surface area contributed by atoms with Crippen LogP contribution in [0.2, 0.25) is 0 Å². The van der Waals surface area contributed by atoms with Crippen LogP contribution in [0.1, 0.15) is 18.4 Å². The normalized spacial score (nSPS) is 20.4. The summed E-state index contributed by atoms with van der Waals surface area (Å²) in [5.74, 6) is 0. The Labute approximate surface area is 103 Å². The van der Waals surface area contributed by atoms with Crippen molar-refractivity contribution in [3.05, 3.63) is 30.1 Å². The van der Waals surface area contributed by atoms with Crippen LogP contribution in [0.4, 0.5) is 0 Å². The maximum Gasteiger partial charge on any atom is 0.0795 e. The fraction of sp³-hybridized carbons (Fsp3) is 0.615. The summed E-state index contributed by atoms with van der Waals surface area (Å²) in [5.41, 5.74) is 0.728. The Balaban J connectivity index is 1.83. The van der Waals surface area contributed by atoms with Crippen LogP contribution in [-0.4, -0.2) is 47.3 Å². The topological polar surface area (TPSA) is 48.4 Å². The van der Waals surface area contributed by atoms with Gasteiger partial charge in [-0.25, -0.2) is 0 Å². The fourth-order valence-electron chi connectivity index (χ4n) is 2.38. The van der Waals surface area contributed by atoms with Gasteiger partial charge in [0, 0.05) is 38.6 Å². The minimum Gasteiger partial charge on any atom is -0.388 e. The highest BCUT2D eigenvalue weighted by Gasteiger charge is 2.31. The number of aromatic nitrogens is 1. The lowest BCUT2D eigenvalue weighted by molar-refractivity contribution is -0.0204. The van der Waals surface area contributed by atoms with Gasteiger partial charge in [-0.1, -0.05) is 6.07 Å². The van der Waals surface area contributed by atoms with Crippen LogP contribution in [0.5, 0.6) is 0 Å². The molecule has 2 N–H and O–H groups in total. The van der Waals surface area contributed by atoms with Crippen LogP contribution in [0, 0.1) is 0 Å². The van der Waals surface area contributed by atoms with Gasteiger partial charge in [0.05, 0.1) is 5.60 Å². The van der Waals surface area contributed by atoms with Crippen molar-refractivity contribution in [2.24, 2.45) is 0 Å². The van der Waals surface area contributed by atoms with Crippen LogP contribution in [0.15, 0.2) is 24.5 Å².